The fourth-order valence-electron chi connectivity index (χ4n) is 2.65. The van der Waals surface area contributed by atoms with Gasteiger partial charge in [0.1, 0.15) is 5.60 Å². The molecule has 0 aromatic rings. The van der Waals surface area contributed by atoms with Crippen molar-refractivity contribution in [3.8, 4) is 6.07 Å². The molecule has 0 bridgehead atoms. The molecule has 0 aliphatic heterocycles. The molecule has 0 amide bonds. The highest BCUT2D eigenvalue weighted by Crippen LogP contribution is 2.39. The molecule has 0 heterocycles. The van der Waals surface area contributed by atoms with Gasteiger partial charge in [0.05, 0.1) is 6.07 Å². The molecule has 2 unspecified atom stereocenters. The Kier molecular flexibility index (Phi) is 4.20. The molecule has 2 atom stereocenters. The van der Waals surface area contributed by atoms with E-state index in [0.717, 1.165) is 19.3 Å². The zero-order valence-electron chi connectivity index (χ0n) is 11.3. The van der Waals surface area contributed by atoms with Crippen LogP contribution in [0.15, 0.2) is 0 Å². The van der Waals surface area contributed by atoms with Crippen LogP contribution in [-0.4, -0.2) is 13.9 Å². The number of hydrogen-bond acceptors (Lipinski definition) is 2. The zero-order valence-corrected chi connectivity index (χ0v) is 12.3. The molecule has 1 aliphatic carbocycles. The van der Waals surface area contributed by atoms with Crippen molar-refractivity contribution < 1.29 is 4.43 Å². The van der Waals surface area contributed by atoms with E-state index in [4.69, 9.17) is 4.43 Å². The smallest absolute Gasteiger partial charge is 0.185 e. The topological polar surface area (TPSA) is 33.0 Å². The third-order valence-electron chi connectivity index (χ3n) is 3.40. The van der Waals surface area contributed by atoms with E-state index in [0.29, 0.717) is 11.8 Å². The van der Waals surface area contributed by atoms with Crippen LogP contribution in [0.3, 0.4) is 0 Å². The summed E-state index contributed by atoms with van der Waals surface area (Å²) in [6.07, 6.45) is 4.26. The Labute approximate surface area is 101 Å². The Hall–Kier alpha value is -0.333. The lowest BCUT2D eigenvalue weighted by Gasteiger charge is -2.41. The van der Waals surface area contributed by atoms with Gasteiger partial charge in [0, 0.05) is 0 Å². The van der Waals surface area contributed by atoms with Gasteiger partial charge in [-0.3, -0.25) is 0 Å². The van der Waals surface area contributed by atoms with Crippen LogP contribution in [-0.2, 0) is 4.43 Å². The second-order valence-electron chi connectivity index (χ2n) is 6.42. The largest absolute Gasteiger partial charge is 0.400 e. The van der Waals surface area contributed by atoms with E-state index in [9.17, 15) is 5.26 Å². The highest BCUT2D eigenvalue weighted by Gasteiger charge is 2.41. The van der Waals surface area contributed by atoms with Crippen molar-refractivity contribution in [2.45, 2.75) is 64.8 Å². The molecule has 16 heavy (non-hydrogen) atoms. The first kappa shape index (κ1) is 13.7. The van der Waals surface area contributed by atoms with Gasteiger partial charge >= 0.3 is 0 Å². The Bertz CT molecular complexity index is 277. The predicted molar refractivity (Wildman–Crippen MR) is 69.6 cm³/mol. The fraction of sp³-hybridized carbons (Fsp3) is 0.923. The first-order valence-electron chi connectivity index (χ1n) is 6.39. The summed E-state index contributed by atoms with van der Waals surface area (Å²) in [5.74, 6) is 1.32. The summed E-state index contributed by atoms with van der Waals surface area (Å²) < 4.78 is 6.17. The standard InChI is InChI=1S/C13H25NOSi/c1-11(2)12-7-6-8-13(9-12,10-14)15-16(3,4)5/h11-12H,6-9H2,1-5H3. The predicted octanol–water partition coefficient (Wildman–Crippen LogP) is 3.95. The van der Waals surface area contributed by atoms with Gasteiger partial charge in [-0.2, -0.15) is 5.26 Å². The maximum absolute atomic E-state index is 9.45. The van der Waals surface area contributed by atoms with Crippen LogP contribution in [0, 0.1) is 23.2 Å². The molecule has 0 aromatic heterocycles. The molecule has 2 nitrogen and oxygen atoms in total. The van der Waals surface area contributed by atoms with Crippen LogP contribution in [0.25, 0.3) is 0 Å². The number of hydrogen-bond donors (Lipinski definition) is 0. The molecule has 1 saturated carbocycles. The van der Waals surface area contributed by atoms with Crippen LogP contribution >= 0.6 is 0 Å². The highest BCUT2D eigenvalue weighted by atomic mass is 28.4. The van der Waals surface area contributed by atoms with Crippen molar-refractivity contribution in [1.82, 2.24) is 0 Å². The Morgan fingerprint density at radius 3 is 2.44 bits per heavy atom. The molecule has 1 aliphatic rings. The molecule has 0 spiro atoms. The Morgan fingerprint density at radius 1 is 1.38 bits per heavy atom. The summed E-state index contributed by atoms with van der Waals surface area (Å²) in [5.41, 5.74) is -0.475. The van der Waals surface area contributed by atoms with Crippen molar-refractivity contribution >= 4 is 8.32 Å². The van der Waals surface area contributed by atoms with Crippen LogP contribution in [0.4, 0.5) is 0 Å². The minimum Gasteiger partial charge on any atom is -0.400 e. The highest BCUT2D eigenvalue weighted by molar-refractivity contribution is 6.69. The molecule has 1 rings (SSSR count). The van der Waals surface area contributed by atoms with Gasteiger partial charge < -0.3 is 4.43 Å². The molecule has 1 fully saturated rings. The molecule has 0 N–H and O–H groups in total. The van der Waals surface area contributed by atoms with E-state index in [-0.39, 0.29) is 0 Å². The zero-order chi connectivity index (χ0) is 12.4. The van der Waals surface area contributed by atoms with Gasteiger partial charge in [-0.15, -0.1) is 0 Å². The summed E-state index contributed by atoms with van der Waals surface area (Å²) in [6, 6.07) is 2.47. The molecule has 0 aromatic carbocycles. The van der Waals surface area contributed by atoms with Gasteiger partial charge in [-0.05, 0) is 57.2 Å². The average molecular weight is 239 g/mol. The fourth-order valence-corrected chi connectivity index (χ4v) is 4.05. The minimum atomic E-state index is -1.62. The maximum Gasteiger partial charge on any atom is 0.185 e. The van der Waals surface area contributed by atoms with Crippen molar-refractivity contribution in [2.75, 3.05) is 0 Å². The van der Waals surface area contributed by atoms with Crippen LogP contribution in [0.1, 0.15) is 39.5 Å². The van der Waals surface area contributed by atoms with Crippen molar-refractivity contribution in [1.29, 1.82) is 5.26 Å². The average Bonchev–Trinajstić information content (AvgIpc) is 2.15. The van der Waals surface area contributed by atoms with E-state index in [1.54, 1.807) is 0 Å². The van der Waals surface area contributed by atoms with Crippen molar-refractivity contribution in [3.05, 3.63) is 0 Å². The van der Waals surface area contributed by atoms with Gasteiger partial charge in [-0.25, -0.2) is 0 Å². The molecular formula is C13H25NOSi. The second kappa shape index (κ2) is 4.89. The summed E-state index contributed by atoms with van der Waals surface area (Å²) in [5, 5.41) is 9.45. The summed E-state index contributed by atoms with van der Waals surface area (Å²) in [4.78, 5) is 0. The summed E-state index contributed by atoms with van der Waals surface area (Å²) in [7, 11) is -1.62. The minimum absolute atomic E-state index is 0.475. The van der Waals surface area contributed by atoms with Crippen molar-refractivity contribution in [2.24, 2.45) is 11.8 Å². The quantitative estimate of drug-likeness (QED) is 0.699. The number of nitriles is 1. The van der Waals surface area contributed by atoms with Gasteiger partial charge in [0.2, 0.25) is 0 Å². The SMILES string of the molecule is CC(C)C1CCCC(C#N)(O[Si](C)(C)C)C1. The van der Waals surface area contributed by atoms with E-state index in [1.165, 1.54) is 6.42 Å². The van der Waals surface area contributed by atoms with Gasteiger partial charge in [-0.1, -0.05) is 13.8 Å². The lowest BCUT2D eigenvalue weighted by Crippen LogP contribution is -2.45. The summed E-state index contributed by atoms with van der Waals surface area (Å²) >= 11 is 0. The first-order valence-corrected chi connectivity index (χ1v) is 9.80. The number of rotatable bonds is 3. The van der Waals surface area contributed by atoms with Crippen molar-refractivity contribution in [3.63, 3.8) is 0 Å². The first-order chi connectivity index (χ1) is 7.28. The normalized spacial score (nSPS) is 31.4. The Morgan fingerprint density at radius 2 is 2.00 bits per heavy atom. The second-order valence-corrected chi connectivity index (χ2v) is 10.8. The maximum atomic E-state index is 9.45. The van der Waals surface area contributed by atoms with E-state index in [1.807, 2.05) is 0 Å². The molecule has 0 saturated heterocycles. The molecule has 0 radical (unpaired) electrons. The van der Waals surface area contributed by atoms with Gasteiger partial charge in [0.25, 0.3) is 0 Å². The van der Waals surface area contributed by atoms with Crippen LogP contribution in [0.5, 0.6) is 0 Å². The third kappa shape index (κ3) is 3.60. The lowest BCUT2D eigenvalue weighted by atomic mass is 9.74. The molecule has 92 valence electrons. The monoisotopic (exact) mass is 239 g/mol. The van der Waals surface area contributed by atoms with Crippen LogP contribution < -0.4 is 0 Å². The Balaban J connectivity index is 2.77. The van der Waals surface area contributed by atoms with E-state index >= 15 is 0 Å². The number of nitrogens with zero attached hydrogens (tertiary/aromatic N) is 1. The molecular weight excluding hydrogens is 214 g/mol. The summed E-state index contributed by atoms with van der Waals surface area (Å²) in [6.45, 7) is 11.0. The van der Waals surface area contributed by atoms with Gasteiger partial charge in [0.15, 0.2) is 8.32 Å². The van der Waals surface area contributed by atoms with E-state index < -0.39 is 13.9 Å². The lowest BCUT2D eigenvalue weighted by molar-refractivity contribution is 0.0400. The van der Waals surface area contributed by atoms with E-state index in [2.05, 4.69) is 39.6 Å². The van der Waals surface area contributed by atoms with Crippen LogP contribution in [0.2, 0.25) is 19.6 Å². The molecule has 3 heteroatoms. The third-order valence-corrected chi connectivity index (χ3v) is 4.40.